The van der Waals surface area contributed by atoms with Crippen LogP contribution in [0.4, 0.5) is 22.0 Å². The Morgan fingerprint density at radius 1 is 0.879 bits per heavy atom. The topological polar surface area (TPSA) is 65.7 Å². The Morgan fingerprint density at radius 3 is 2.06 bits per heavy atom. The van der Waals surface area contributed by atoms with Crippen LogP contribution in [-0.4, -0.2) is 20.1 Å². The number of rotatable bonds is 4. The van der Waals surface area contributed by atoms with Crippen molar-refractivity contribution >= 4 is 0 Å². The molecule has 4 rings (SSSR count). The van der Waals surface area contributed by atoms with Crippen LogP contribution in [0.25, 0.3) is 22.8 Å². The van der Waals surface area contributed by atoms with Gasteiger partial charge in [0.1, 0.15) is 5.82 Å². The molecule has 4 aromatic rings. The maximum Gasteiger partial charge on any atom is 2.00 e. The molecule has 5 nitrogen and oxygen atoms in total. The van der Waals surface area contributed by atoms with E-state index in [0.717, 1.165) is 12.1 Å². The van der Waals surface area contributed by atoms with Crippen LogP contribution in [0, 0.1) is 17.7 Å². The van der Waals surface area contributed by atoms with Gasteiger partial charge in [-0.15, -0.1) is 12.1 Å². The maximum absolute atomic E-state index is 14.2. The quantitative estimate of drug-likeness (QED) is 0.233. The molecule has 0 fully saturated rings. The van der Waals surface area contributed by atoms with Crippen molar-refractivity contribution in [1.82, 2.24) is 25.1 Å². The van der Waals surface area contributed by atoms with Gasteiger partial charge in [-0.2, -0.15) is 13.2 Å². The van der Waals surface area contributed by atoms with Gasteiger partial charge in [-0.1, -0.05) is 29.8 Å². The van der Waals surface area contributed by atoms with E-state index in [1.54, 1.807) is 44.2 Å². The number of halogens is 5. The van der Waals surface area contributed by atoms with E-state index in [4.69, 9.17) is 0 Å². The molecule has 172 valence electrons. The van der Waals surface area contributed by atoms with Crippen molar-refractivity contribution in [1.29, 1.82) is 0 Å². The number of nitrogens with zero attached hydrogens (tertiary/aromatic N) is 5. The Bertz CT molecular complexity index is 1290. The van der Waals surface area contributed by atoms with Crippen LogP contribution < -0.4 is 5.10 Å². The minimum absolute atomic E-state index is 0. The summed E-state index contributed by atoms with van der Waals surface area (Å²) in [6.45, 7) is 3.61. The van der Waals surface area contributed by atoms with Gasteiger partial charge in [0.05, 0.1) is 11.4 Å². The van der Waals surface area contributed by atoms with Gasteiger partial charge in [-0.05, 0) is 43.6 Å². The van der Waals surface area contributed by atoms with Crippen LogP contribution in [0.5, 0.6) is 0 Å². The minimum atomic E-state index is -4.71. The van der Waals surface area contributed by atoms with E-state index in [0.29, 0.717) is 11.4 Å². The minimum Gasteiger partial charge on any atom is -0.413 e. The summed E-state index contributed by atoms with van der Waals surface area (Å²) in [6, 6.07) is 14.0. The normalized spacial score (nSPS) is 11.8. The molecule has 0 unspecified atom stereocenters. The first-order valence-corrected chi connectivity index (χ1v) is 9.33. The zero-order valence-electron chi connectivity index (χ0n) is 17.1. The number of hydrogen-bond acceptors (Lipinski definition) is 4. The zero-order chi connectivity index (χ0) is 23.1. The molecular formula is C22H14F5N5Pt. The van der Waals surface area contributed by atoms with E-state index in [-0.39, 0.29) is 43.8 Å². The molecule has 0 aliphatic heterocycles. The number of benzene rings is 1. The Balaban J connectivity index is 0.00000306. The van der Waals surface area contributed by atoms with Gasteiger partial charge in [0.25, 0.3) is 0 Å². The fourth-order valence-electron chi connectivity index (χ4n) is 3.07. The number of alkyl halides is 3. The number of hydrogen-bond donors (Lipinski definition) is 0. The third kappa shape index (κ3) is 5.00. The average Bonchev–Trinajstić information content (AvgIpc) is 3.25. The van der Waals surface area contributed by atoms with Crippen LogP contribution in [0.1, 0.15) is 31.1 Å². The maximum atomic E-state index is 14.2. The molecule has 0 amide bonds. The first-order chi connectivity index (χ1) is 15.1. The second-order valence-corrected chi connectivity index (χ2v) is 7.44. The van der Waals surface area contributed by atoms with Gasteiger partial charge in [0, 0.05) is 22.7 Å². The molecule has 0 saturated carbocycles. The third-order valence-electron chi connectivity index (χ3n) is 4.83. The molecule has 3 aromatic heterocycles. The molecule has 0 saturated heterocycles. The van der Waals surface area contributed by atoms with Crippen LogP contribution >= 0.6 is 0 Å². The number of pyridine rings is 2. The molecular weight excluding hydrogens is 624 g/mol. The molecule has 0 radical (unpaired) electrons. The van der Waals surface area contributed by atoms with Crippen molar-refractivity contribution in [3.8, 4) is 22.8 Å². The van der Waals surface area contributed by atoms with Crippen molar-refractivity contribution in [2.24, 2.45) is 0 Å². The van der Waals surface area contributed by atoms with Gasteiger partial charge < -0.3 is 15.1 Å². The summed E-state index contributed by atoms with van der Waals surface area (Å²) in [5.41, 5.74) is 0.544. The fraction of sp³-hybridized carbons (Fsp3) is 0.182. The second-order valence-electron chi connectivity index (χ2n) is 7.44. The van der Waals surface area contributed by atoms with Crippen molar-refractivity contribution in [3.63, 3.8) is 0 Å². The first-order valence-electron chi connectivity index (χ1n) is 9.33. The Labute approximate surface area is 199 Å². The zero-order valence-corrected chi connectivity index (χ0v) is 19.3. The summed E-state index contributed by atoms with van der Waals surface area (Å²) in [5, 5.41) is 6.55. The molecule has 0 atom stereocenters. The van der Waals surface area contributed by atoms with Gasteiger partial charge in [0.2, 0.25) is 0 Å². The summed E-state index contributed by atoms with van der Waals surface area (Å²) >= 11 is 0. The monoisotopic (exact) mass is 638 g/mol. The van der Waals surface area contributed by atoms with Crippen molar-refractivity contribution < 1.29 is 43.0 Å². The largest absolute Gasteiger partial charge is 2.00 e. The van der Waals surface area contributed by atoms with E-state index in [1.165, 1.54) is 6.07 Å². The van der Waals surface area contributed by atoms with Crippen molar-refractivity contribution in [3.05, 3.63) is 83.4 Å². The van der Waals surface area contributed by atoms with Crippen LogP contribution in [-0.2, 0) is 32.7 Å². The SMILES string of the molecule is CC(C)(c1cccc(-c2nc(C(F)(F)F)n[n-]2)n1)c1cccc(-c2[c-]cc(F)cc2F)n1.[Pt+2]. The standard InChI is InChI=1S/C22H14F5N5.Pt/c1-21(2,17-7-3-5-15(28-17)13-10-9-12(23)11-14(13)24)18-8-4-6-16(29-18)19-30-20(32-31-19)22(25,26)27;/h3-9,11H,1-2H3;/q-2;+2. The third-order valence-corrected chi connectivity index (χ3v) is 4.83. The molecule has 3 heterocycles. The fourth-order valence-corrected chi connectivity index (χ4v) is 3.07. The van der Waals surface area contributed by atoms with E-state index in [1.807, 2.05) is 0 Å². The molecule has 0 N–H and O–H groups in total. The summed E-state index contributed by atoms with van der Waals surface area (Å²) in [4.78, 5) is 12.3. The molecule has 1 aromatic carbocycles. The predicted octanol–water partition coefficient (Wildman–Crippen LogP) is 4.98. The van der Waals surface area contributed by atoms with Gasteiger partial charge in [-0.3, -0.25) is 18.9 Å². The first kappa shape index (κ1) is 24.6. The van der Waals surface area contributed by atoms with Gasteiger partial charge in [0.15, 0.2) is 0 Å². The Morgan fingerprint density at radius 2 is 1.48 bits per heavy atom. The van der Waals surface area contributed by atoms with Gasteiger partial charge in [-0.25, -0.2) is 0 Å². The second kappa shape index (κ2) is 9.09. The van der Waals surface area contributed by atoms with Gasteiger partial charge >= 0.3 is 27.2 Å². The van der Waals surface area contributed by atoms with Crippen LogP contribution in [0.15, 0.2) is 48.5 Å². The summed E-state index contributed by atoms with van der Waals surface area (Å²) in [7, 11) is 0. The summed E-state index contributed by atoms with van der Waals surface area (Å²) in [5.74, 6) is -3.14. The average molecular weight is 638 g/mol. The van der Waals surface area contributed by atoms with E-state index >= 15 is 0 Å². The Kier molecular flexibility index (Phi) is 6.79. The van der Waals surface area contributed by atoms with E-state index in [9.17, 15) is 22.0 Å². The predicted molar refractivity (Wildman–Crippen MR) is 104 cm³/mol. The van der Waals surface area contributed by atoms with Crippen molar-refractivity contribution in [2.45, 2.75) is 25.4 Å². The van der Waals surface area contributed by atoms with Crippen molar-refractivity contribution in [2.75, 3.05) is 0 Å². The molecule has 33 heavy (non-hydrogen) atoms. The molecule has 0 spiro atoms. The molecule has 0 aliphatic rings. The Hall–Kier alpha value is -3.00. The van der Waals surface area contributed by atoms with E-state index in [2.05, 4.69) is 31.2 Å². The van der Waals surface area contributed by atoms with Crippen LogP contribution in [0.3, 0.4) is 0 Å². The number of aromatic nitrogens is 5. The summed E-state index contributed by atoms with van der Waals surface area (Å²) in [6.07, 6.45) is -4.71. The molecule has 11 heteroatoms. The summed E-state index contributed by atoms with van der Waals surface area (Å²) < 4.78 is 65.8. The molecule has 0 aliphatic carbocycles. The van der Waals surface area contributed by atoms with Crippen LogP contribution in [0.2, 0.25) is 0 Å². The molecule has 0 bridgehead atoms. The smallest absolute Gasteiger partial charge is 0.413 e. The van der Waals surface area contributed by atoms with E-state index < -0.39 is 29.1 Å².